The molecular formula is C13H12N2O2. The summed E-state index contributed by atoms with van der Waals surface area (Å²) in [6.45, 7) is 0. The largest absolute Gasteiger partial charge is 0.465 e. The van der Waals surface area contributed by atoms with Crippen LogP contribution in [-0.2, 0) is 4.74 Å². The van der Waals surface area contributed by atoms with Crippen molar-refractivity contribution in [3.05, 3.63) is 48.3 Å². The van der Waals surface area contributed by atoms with Crippen LogP contribution in [0.2, 0.25) is 0 Å². The molecule has 1 heterocycles. The number of ether oxygens (including phenoxy) is 1. The number of carbonyl (C=O) groups is 1. The van der Waals surface area contributed by atoms with Crippen LogP contribution in [0.5, 0.6) is 0 Å². The predicted molar refractivity (Wildman–Crippen MR) is 65.4 cm³/mol. The van der Waals surface area contributed by atoms with Crippen molar-refractivity contribution in [1.82, 2.24) is 4.98 Å². The van der Waals surface area contributed by atoms with Gasteiger partial charge < -0.3 is 10.5 Å². The number of benzene rings is 1. The van der Waals surface area contributed by atoms with Gasteiger partial charge in [0.05, 0.1) is 12.7 Å². The number of nitrogens with two attached hydrogens (primary N) is 1. The average Bonchev–Trinajstić information content (AvgIpc) is 2.39. The topological polar surface area (TPSA) is 65.2 Å². The summed E-state index contributed by atoms with van der Waals surface area (Å²) in [7, 11) is 1.36. The molecule has 0 bridgehead atoms. The van der Waals surface area contributed by atoms with E-state index in [0.717, 1.165) is 11.1 Å². The fourth-order valence-electron chi connectivity index (χ4n) is 1.55. The van der Waals surface area contributed by atoms with Crippen molar-refractivity contribution >= 4 is 11.7 Å². The van der Waals surface area contributed by atoms with E-state index in [0.29, 0.717) is 11.3 Å². The molecule has 0 aliphatic heterocycles. The summed E-state index contributed by atoms with van der Waals surface area (Å²) in [4.78, 5) is 15.3. The third kappa shape index (κ3) is 2.25. The number of rotatable bonds is 2. The second-order valence-electron chi connectivity index (χ2n) is 3.53. The van der Waals surface area contributed by atoms with Crippen molar-refractivity contribution in [3.63, 3.8) is 0 Å². The van der Waals surface area contributed by atoms with E-state index in [2.05, 4.69) is 9.72 Å². The maximum absolute atomic E-state index is 11.3. The molecule has 2 N–H and O–H groups in total. The van der Waals surface area contributed by atoms with E-state index in [1.807, 2.05) is 12.1 Å². The molecule has 86 valence electrons. The van der Waals surface area contributed by atoms with Gasteiger partial charge in [0.2, 0.25) is 0 Å². The highest BCUT2D eigenvalue weighted by atomic mass is 16.5. The zero-order valence-electron chi connectivity index (χ0n) is 9.38. The van der Waals surface area contributed by atoms with Gasteiger partial charge in [0.25, 0.3) is 0 Å². The van der Waals surface area contributed by atoms with E-state index in [1.165, 1.54) is 7.11 Å². The van der Waals surface area contributed by atoms with Crippen molar-refractivity contribution in [3.8, 4) is 11.1 Å². The molecule has 0 amide bonds. The second-order valence-corrected chi connectivity index (χ2v) is 3.53. The fraction of sp³-hybridized carbons (Fsp3) is 0.0769. The van der Waals surface area contributed by atoms with Crippen molar-refractivity contribution in [2.45, 2.75) is 0 Å². The minimum Gasteiger partial charge on any atom is -0.465 e. The summed E-state index contributed by atoms with van der Waals surface area (Å²) in [5.41, 5.74) is 8.79. The molecule has 0 aliphatic carbocycles. The Labute approximate surface area is 99.1 Å². The summed E-state index contributed by atoms with van der Waals surface area (Å²) in [6.07, 6.45) is 3.34. The van der Waals surface area contributed by atoms with Gasteiger partial charge in [-0.25, -0.2) is 4.79 Å². The maximum atomic E-state index is 11.3. The molecule has 17 heavy (non-hydrogen) atoms. The van der Waals surface area contributed by atoms with Crippen LogP contribution in [0.1, 0.15) is 10.4 Å². The van der Waals surface area contributed by atoms with Crippen LogP contribution in [0, 0.1) is 0 Å². The van der Waals surface area contributed by atoms with Gasteiger partial charge in [-0.15, -0.1) is 0 Å². The van der Waals surface area contributed by atoms with Gasteiger partial charge in [0.1, 0.15) is 0 Å². The molecule has 0 fully saturated rings. The lowest BCUT2D eigenvalue weighted by molar-refractivity contribution is 0.0601. The minimum absolute atomic E-state index is 0.351. The lowest BCUT2D eigenvalue weighted by Crippen LogP contribution is -2.00. The van der Waals surface area contributed by atoms with Crippen LogP contribution in [0.15, 0.2) is 42.7 Å². The van der Waals surface area contributed by atoms with Crippen LogP contribution >= 0.6 is 0 Å². The second kappa shape index (κ2) is 4.65. The highest BCUT2D eigenvalue weighted by Gasteiger charge is 2.06. The van der Waals surface area contributed by atoms with Gasteiger partial charge in [0, 0.05) is 23.6 Å². The molecule has 0 spiro atoms. The number of pyridine rings is 1. The fourth-order valence-corrected chi connectivity index (χ4v) is 1.55. The van der Waals surface area contributed by atoms with Gasteiger partial charge in [-0.05, 0) is 23.8 Å². The Kier molecular flexibility index (Phi) is 3.05. The Balaban J connectivity index is 2.36. The van der Waals surface area contributed by atoms with E-state index in [1.54, 1.807) is 30.6 Å². The van der Waals surface area contributed by atoms with Gasteiger partial charge in [-0.3, -0.25) is 4.98 Å². The van der Waals surface area contributed by atoms with E-state index in [4.69, 9.17) is 5.73 Å². The van der Waals surface area contributed by atoms with E-state index < -0.39 is 0 Å². The third-order valence-electron chi connectivity index (χ3n) is 2.47. The SMILES string of the molecule is COC(=O)c1ccc(-c2cnccc2N)cc1. The Morgan fingerprint density at radius 3 is 2.53 bits per heavy atom. The highest BCUT2D eigenvalue weighted by Crippen LogP contribution is 2.24. The summed E-state index contributed by atoms with van der Waals surface area (Å²) in [5, 5.41) is 0. The zero-order valence-corrected chi connectivity index (χ0v) is 9.38. The smallest absolute Gasteiger partial charge is 0.337 e. The summed E-state index contributed by atoms with van der Waals surface area (Å²) in [5.74, 6) is -0.351. The van der Waals surface area contributed by atoms with Crippen molar-refractivity contribution in [1.29, 1.82) is 0 Å². The minimum atomic E-state index is -0.351. The molecule has 0 radical (unpaired) electrons. The number of carbonyl (C=O) groups excluding carboxylic acids is 1. The first kappa shape index (κ1) is 11.1. The lowest BCUT2D eigenvalue weighted by Gasteiger charge is -2.05. The summed E-state index contributed by atoms with van der Waals surface area (Å²) in [6, 6.07) is 8.78. The van der Waals surface area contributed by atoms with Gasteiger partial charge in [0.15, 0.2) is 0 Å². The number of anilines is 1. The van der Waals surface area contributed by atoms with Crippen molar-refractivity contribution < 1.29 is 9.53 Å². The van der Waals surface area contributed by atoms with Crippen LogP contribution in [-0.4, -0.2) is 18.1 Å². The van der Waals surface area contributed by atoms with Gasteiger partial charge in [-0.2, -0.15) is 0 Å². The van der Waals surface area contributed by atoms with Gasteiger partial charge >= 0.3 is 5.97 Å². The Morgan fingerprint density at radius 1 is 1.24 bits per heavy atom. The molecule has 4 nitrogen and oxygen atoms in total. The Hall–Kier alpha value is -2.36. The standard InChI is InChI=1S/C13H12N2O2/c1-17-13(16)10-4-2-9(3-5-10)11-8-15-7-6-12(11)14/h2-8H,1H3,(H2,14,15). The highest BCUT2D eigenvalue weighted by molar-refractivity contribution is 5.90. The lowest BCUT2D eigenvalue weighted by atomic mass is 10.0. The van der Waals surface area contributed by atoms with Crippen LogP contribution < -0.4 is 5.73 Å². The van der Waals surface area contributed by atoms with Crippen LogP contribution in [0.25, 0.3) is 11.1 Å². The molecule has 0 saturated heterocycles. The maximum Gasteiger partial charge on any atom is 0.337 e. The third-order valence-corrected chi connectivity index (χ3v) is 2.47. The first-order chi connectivity index (χ1) is 8.22. The molecule has 0 unspecified atom stereocenters. The van der Waals surface area contributed by atoms with Crippen LogP contribution in [0.3, 0.4) is 0 Å². The number of hydrogen-bond acceptors (Lipinski definition) is 4. The van der Waals surface area contributed by atoms with Crippen molar-refractivity contribution in [2.75, 3.05) is 12.8 Å². The summed E-state index contributed by atoms with van der Waals surface area (Å²) >= 11 is 0. The molecule has 1 aromatic carbocycles. The van der Waals surface area contributed by atoms with E-state index >= 15 is 0 Å². The predicted octanol–water partition coefficient (Wildman–Crippen LogP) is 2.12. The molecule has 0 aliphatic rings. The quantitative estimate of drug-likeness (QED) is 0.799. The molecule has 4 heteroatoms. The normalized spacial score (nSPS) is 9.94. The number of hydrogen-bond donors (Lipinski definition) is 1. The molecule has 1 aromatic heterocycles. The molecule has 0 saturated carbocycles. The molecule has 2 rings (SSSR count). The van der Waals surface area contributed by atoms with Crippen LogP contribution in [0.4, 0.5) is 5.69 Å². The first-order valence-electron chi connectivity index (χ1n) is 5.10. The summed E-state index contributed by atoms with van der Waals surface area (Å²) < 4.78 is 4.63. The molecule has 0 atom stereocenters. The van der Waals surface area contributed by atoms with E-state index in [9.17, 15) is 4.79 Å². The molecule has 2 aromatic rings. The zero-order chi connectivity index (χ0) is 12.3. The molecular weight excluding hydrogens is 216 g/mol. The number of methoxy groups -OCH3 is 1. The monoisotopic (exact) mass is 228 g/mol. The number of esters is 1. The van der Waals surface area contributed by atoms with Gasteiger partial charge in [-0.1, -0.05) is 12.1 Å². The number of nitrogens with zero attached hydrogens (tertiary/aromatic N) is 1. The number of nitrogen functional groups attached to an aromatic ring is 1. The average molecular weight is 228 g/mol. The van der Waals surface area contributed by atoms with Crippen molar-refractivity contribution in [2.24, 2.45) is 0 Å². The Morgan fingerprint density at radius 2 is 1.94 bits per heavy atom. The number of aromatic nitrogens is 1. The van der Waals surface area contributed by atoms with E-state index in [-0.39, 0.29) is 5.97 Å². The Bertz CT molecular complexity index is 535. The first-order valence-corrected chi connectivity index (χ1v) is 5.10.